The van der Waals surface area contributed by atoms with Crippen LogP contribution in [0, 0.1) is 15.5 Å². The van der Waals surface area contributed by atoms with Crippen molar-refractivity contribution in [2.45, 2.75) is 32.6 Å². The third-order valence-corrected chi connectivity index (χ3v) is 3.51. The third kappa shape index (κ3) is 2.72. The predicted octanol–water partition coefficient (Wildman–Crippen LogP) is 2.98. The van der Waals surface area contributed by atoms with Gasteiger partial charge in [-0.15, -0.1) is 0 Å². The van der Waals surface area contributed by atoms with Crippen molar-refractivity contribution >= 4 is 11.4 Å². The second-order valence-corrected chi connectivity index (χ2v) is 5.02. The van der Waals surface area contributed by atoms with Crippen molar-refractivity contribution in [3.05, 3.63) is 28.6 Å². The van der Waals surface area contributed by atoms with Gasteiger partial charge in [-0.3, -0.25) is 15.1 Å². The molecular formula is C12H17N3O2. The number of pyridine rings is 1. The van der Waals surface area contributed by atoms with Gasteiger partial charge < -0.3 is 5.32 Å². The van der Waals surface area contributed by atoms with Gasteiger partial charge in [-0.1, -0.05) is 19.8 Å². The fourth-order valence-electron chi connectivity index (χ4n) is 2.40. The number of aromatic nitrogens is 1. The number of nitrogens with one attached hydrogen (secondary N) is 1. The van der Waals surface area contributed by atoms with Gasteiger partial charge in [-0.05, 0) is 24.3 Å². The molecule has 5 nitrogen and oxygen atoms in total. The van der Waals surface area contributed by atoms with E-state index in [1.54, 1.807) is 12.3 Å². The molecular weight excluding hydrogens is 218 g/mol. The van der Waals surface area contributed by atoms with Crippen molar-refractivity contribution in [3.8, 4) is 0 Å². The Balaban J connectivity index is 2.06. The van der Waals surface area contributed by atoms with Gasteiger partial charge in [0.2, 0.25) is 0 Å². The molecule has 0 atom stereocenters. The van der Waals surface area contributed by atoms with Crippen molar-refractivity contribution in [1.29, 1.82) is 0 Å². The van der Waals surface area contributed by atoms with Gasteiger partial charge in [0.15, 0.2) is 0 Å². The van der Waals surface area contributed by atoms with Crippen LogP contribution < -0.4 is 5.32 Å². The number of hydrogen-bond donors (Lipinski definition) is 1. The highest BCUT2D eigenvalue weighted by molar-refractivity contribution is 5.59. The first-order valence-electron chi connectivity index (χ1n) is 5.93. The monoisotopic (exact) mass is 235 g/mol. The maximum Gasteiger partial charge on any atom is 0.310 e. The summed E-state index contributed by atoms with van der Waals surface area (Å²) in [6.45, 7) is 3.03. The van der Waals surface area contributed by atoms with E-state index in [4.69, 9.17) is 0 Å². The summed E-state index contributed by atoms with van der Waals surface area (Å²) in [5.74, 6) is 0. The minimum Gasteiger partial charge on any atom is -0.379 e. The van der Waals surface area contributed by atoms with Gasteiger partial charge in [0.25, 0.3) is 0 Å². The molecule has 1 fully saturated rings. The smallest absolute Gasteiger partial charge is 0.310 e. The second kappa shape index (κ2) is 4.69. The summed E-state index contributed by atoms with van der Waals surface area (Å²) in [5.41, 5.74) is 0.893. The highest BCUT2D eigenvalue weighted by Gasteiger charge is 2.28. The molecule has 1 saturated carbocycles. The Morgan fingerprint density at radius 1 is 1.53 bits per heavy atom. The molecule has 1 aromatic rings. The second-order valence-electron chi connectivity index (χ2n) is 5.02. The van der Waals surface area contributed by atoms with Crippen LogP contribution in [0.15, 0.2) is 18.5 Å². The highest BCUT2D eigenvalue weighted by atomic mass is 16.6. The molecule has 2 rings (SSSR count). The van der Waals surface area contributed by atoms with Gasteiger partial charge in [0, 0.05) is 12.7 Å². The van der Waals surface area contributed by atoms with Crippen LogP contribution in [0.3, 0.4) is 0 Å². The first-order chi connectivity index (χ1) is 8.11. The zero-order valence-corrected chi connectivity index (χ0v) is 9.98. The largest absolute Gasteiger partial charge is 0.379 e. The Bertz CT molecular complexity index is 414. The van der Waals surface area contributed by atoms with Crippen LogP contribution in [-0.2, 0) is 0 Å². The molecule has 1 aromatic heterocycles. The van der Waals surface area contributed by atoms with E-state index in [0.29, 0.717) is 5.69 Å². The van der Waals surface area contributed by atoms with Gasteiger partial charge in [-0.25, -0.2) is 0 Å². The highest BCUT2D eigenvalue weighted by Crippen LogP contribution is 2.38. The van der Waals surface area contributed by atoms with E-state index in [9.17, 15) is 10.1 Å². The first-order valence-corrected chi connectivity index (χ1v) is 5.93. The minimum atomic E-state index is -0.397. The SMILES string of the molecule is CC1(CNc2ccncc2[N+](=O)[O-])CCCC1. The number of nitro groups is 1. The number of hydrogen-bond acceptors (Lipinski definition) is 4. The molecule has 1 aliphatic carbocycles. The van der Waals surface area contributed by atoms with Crippen molar-refractivity contribution in [3.63, 3.8) is 0 Å². The fraction of sp³-hybridized carbons (Fsp3) is 0.583. The Kier molecular flexibility index (Phi) is 3.26. The summed E-state index contributed by atoms with van der Waals surface area (Å²) < 4.78 is 0. The third-order valence-electron chi connectivity index (χ3n) is 3.51. The van der Waals surface area contributed by atoms with Gasteiger partial charge >= 0.3 is 5.69 Å². The van der Waals surface area contributed by atoms with Crippen molar-refractivity contribution in [2.75, 3.05) is 11.9 Å². The van der Waals surface area contributed by atoms with Crippen LogP contribution in [0.1, 0.15) is 32.6 Å². The summed E-state index contributed by atoms with van der Waals surface area (Å²) in [5, 5.41) is 14.0. The Labute approximate surface area is 100 Å². The summed E-state index contributed by atoms with van der Waals surface area (Å²) in [7, 11) is 0. The van der Waals surface area contributed by atoms with Crippen LogP contribution in [-0.4, -0.2) is 16.5 Å². The summed E-state index contributed by atoms with van der Waals surface area (Å²) in [6.07, 6.45) is 7.77. The quantitative estimate of drug-likeness (QED) is 0.643. The fourth-order valence-corrected chi connectivity index (χ4v) is 2.40. The van der Waals surface area contributed by atoms with Gasteiger partial charge in [0.1, 0.15) is 11.9 Å². The lowest BCUT2D eigenvalue weighted by atomic mass is 9.89. The molecule has 1 heterocycles. The van der Waals surface area contributed by atoms with Gasteiger partial charge in [-0.2, -0.15) is 0 Å². The van der Waals surface area contributed by atoms with E-state index < -0.39 is 4.92 Å². The standard InChI is InChI=1S/C12H17N3O2/c1-12(5-2-3-6-12)9-14-10-4-7-13-8-11(10)15(16)17/h4,7-8H,2-3,5-6,9H2,1H3,(H,13,14). The molecule has 0 unspecified atom stereocenters. The maximum absolute atomic E-state index is 10.8. The molecule has 0 bridgehead atoms. The van der Waals surface area contributed by atoms with Gasteiger partial charge in [0.05, 0.1) is 4.92 Å². The van der Waals surface area contributed by atoms with E-state index in [1.807, 2.05) is 0 Å². The average molecular weight is 235 g/mol. The lowest BCUT2D eigenvalue weighted by Crippen LogP contribution is -2.23. The molecule has 0 spiro atoms. The lowest BCUT2D eigenvalue weighted by Gasteiger charge is -2.24. The molecule has 0 aliphatic heterocycles. The maximum atomic E-state index is 10.8. The van der Waals surface area contributed by atoms with E-state index in [0.717, 1.165) is 6.54 Å². The van der Waals surface area contributed by atoms with Crippen LogP contribution in [0.4, 0.5) is 11.4 Å². The molecule has 0 amide bonds. The molecule has 1 N–H and O–H groups in total. The van der Waals surface area contributed by atoms with E-state index >= 15 is 0 Å². The van der Waals surface area contributed by atoms with Crippen LogP contribution in [0.5, 0.6) is 0 Å². The molecule has 92 valence electrons. The summed E-state index contributed by atoms with van der Waals surface area (Å²) in [6, 6.07) is 1.66. The Hall–Kier alpha value is -1.65. The van der Waals surface area contributed by atoms with E-state index in [1.165, 1.54) is 31.9 Å². The van der Waals surface area contributed by atoms with Crippen LogP contribution in [0.25, 0.3) is 0 Å². The average Bonchev–Trinajstić information content (AvgIpc) is 2.74. The van der Waals surface area contributed by atoms with Crippen molar-refractivity contribution in [2.24, 2.45) is 5.41 Å². The topological polar surface area (TPSA) is 68.1 Å². The predicted molar refractivity (Wildman–Crippen MR) is 66.0 cm³/mol. The molecule has 0 radical (unpaired) electrons. The summed E-state index contributed by atoms with van der Waals surface area (Å²) in [4.78, 5) is 14.2. The minimum absolute atomic E-state index is 0.0501. The molecule has 1 aliphatic rings. The zero-order chi connectivity index (χ0) is 12.3. The van der Waals surface area contributed by atoms with Crippen molar-refractivity contribution in [1.82, 2.24) is 4.98 Å². The van der Waals surface area contributed by atoms with E-state index in [2.05, 4.69) is 17.2 Å². The number of nitrogens with zero attached hydrogens (tertiary/aromatic N) is 2. The molecule has 5 heteroatoms. The number of anilines is 1. The zero-order valence-electron chi connectivity index (χ0n) is 9.98. The summed E-state index contributed by atoms with van der Waals surface area (Å²) >= 11 is 0. The van der Waals surface area contributed by atoms with Crippen LogP contribution >= 0.6 is 0 Å². The molecule has 17 heavy (non-hydrogen) atoms. The molecule has 0 saturated heterocycles. The normalized spacial score (nSPS) is 17.9. The lowest BCUT2D eigenvalue weighted by molar-refractivity contribution is -0.384. The van der Waals surface area contributed by atoms with Crippen LogP contribution in [0.2, 0.25) is 0 Å². The number of rotatable bonds is 4. The van der Waals surface area contributed by atoms with E-state index in [-0.39, 0.29) is 11.1 Å². The first kappa shape index (κ1) is 11.8. The molecule has 0 aromatic carbocycles. The van der Waals surface area contributed by atoms with Crippen molar-refractivity contribution < 1.29 is 4.92 Å². The Morgan fingerprint density at radius 3 is 2.88 bits per heavy atom. The Morgan fingerprint density at radius 2 is 2.24 bits per heavy atom.